The van der Waals surface area contributed by atoms with Gasteiger partial charge in [-0.25, -0.2) is 4.98 Å². The molecule has 150 valence electrons. The number of hydrogen-bond donors (Lipinski definition) is 2. The topological polar surface area (TPSA) is 63.0 Å². The Kier molecular flexibility index (Phi) is 9.33. The molecule has 0 radical (unpaired) electrons. The summed E-state index contributed by atoms with van der Waals surface area (Å²) in [7, 11) is 0. The first-order valence-corrected chi connectivity index (χ1v) is 9.79. The maximum absolute atomic E-state index is 5.66. The van der Waals surface area contributed by atoms with Crippen molar-refractivity contribution < 1.29 is 4.74 Å². The summed E-state index contributed by atoms with van der Waals surface area (Å²) in [5.74, 6) is 1.70. The van der Waals surface area contributed by atoms with Gasteiger partial charge in [-0.1, -0.05) is 6.07 Å². The number of pyridine rings is 1. The molecule has 3 rings (SSSR count). The van der Waals surface area contributed by atoms with Gasteiger partial charge in [-0.15, -0.1) is 24.0 Å². The Labute approximate surface area is 179 Å². The number of aryl methyl sites for hydroxylation is 1. The van der Waals surface area contributed by atoms with Crippen LogP contribution >= 0.6 is 24.0 Å². The molecule has 0 aliphatic heterocycles. The number of aromatic nitrogens is 2. The molecule has 2 N–H and O–H groups in total. The van der Waals surface area contributed by atoms with E-state index in [1.165, 1.54) is 18.4 Å². The Bertz CT molecular complexity index is 726. The van der Waals surface area contributed by atoms with E-state index in [1.807, 2.05) is 6.20 Å². The van der Waals surface area contributed by atoms with Crippen LogP contribution < -0.4 is 10.6 Å². The first-order chi connectivity index (χ1) is 12.8. The Morgan fingerprint density at radius 2 is 2.22 bits per heavy atom. The molecule has 0 bridgehead atoms. The lowest BCUT2D eigenvalue weighted by molar-refractivity contribution is 0.123. The van der Waals surface area contributed by atoms with E-state index in [4.69, 9.17) is 9.72 Å². The van der Waals surface area contributed by atoms with Crippen LogP contribution in [0.15, 0.2) is 29.5 Å². The van der Waals surface area contributed by atoms with Gasteiger partial charge < -0.3 is 19.8 Å². The fraction of sp³-hybridized carbons (Fsp3) is 0.600. The molecule has 1 saturated carbocycles. The number of hydrogen-bond acceptors (Lipinski definition) is 3. The van der Waals surface area contributed by atoms with Crippen LogP contribution in [0.3, 0.4) is 0 Å². The number of aliphatic imine (C=N–C) groups is 1. The fourth-order valence-corrected chi connectivity index (χ4v) is 2.87. The third-order valence-corrected chi connectivity index (χ3v) is 4.51. The lowest BCUT2D eigenvalue weighted by Crippen LogP contribution is -2.38. The van der Waals surface area contributed by atoms with Gasteiger partial charge in [0.15, 0.2) is 5.96 Å². The Balaban J connectivity index is 0.00000261. The van der Waals surface area contributed by atoms with E-state index < -0.39 is 0 Å². The van der Waals surface area contributed by atoms with Crippen molar-refractivity contribution in [1.82, 2.24) is 20.0 Å². The Morgan fingerprint density at radius 3 is 2.96 bits per heavy atom. The summed E-state index contributed by atoms with van der Waals surface area (Å²) in [4.78, 5) is 9.34. The number of guanidine groups is 1. The van der Waals surface area contributed by atoms with Gasteiger partial charge in [0.25, 0.3) is 0 Å². The van der Waals surface area contributed by atoms with Gasteiger partial charge in [0.2, 0.25) is 0 Å². The molecule has 0 saturated heterocycles. The smallest absolute Gasteiger partial charge is 0.191 e. The molecule has 0 unspecified atom stereocenters. The van der Waals surface area contributed by atoms with Crippen molar-refractivity contribution in [3.05, 3.63) is 35.8 Å². The van der Waals surface area contributed by atoms with Crippen molar-refractivity contribution in [3.8, 4) is 0 Å². The normalized spacial score (nSPS) is 14.2. The summed E-state index contributed by atoms with van der Waals surface area (Å²) in [5.41, 5.74) is 3.33. The van der Waals surface area contributed by atoms with E-state index in [1.54, 1.807) is 0 Å². The minimum absolute atomic E-state index is 0. The van der Waals surface area contributed by atoms with E-state index in [2.05, 4.69) is 52.2 Å². The first kappa shape index (κ1) is 21.9. The van der Waals surface area contributed by atoms with Gasteiger partial charge in [-0.3, -0.25) is 4.99 Å². The molecule has 0 amide bonds. The molecule has 6 nitrogen and oxygen atoms in total. The van der Waals surface area contributed by atoms with E-state index in [9.17, 15) is 0 Å². The van der Waals surface area contributed by atoms with Crippen molar-refractivity contribution in [2.75, 3.05) is 32.8 Å². The maximum atomic E-state index is 5.66. The van der Waals surface area contributed by atoms with Gasteiger partial charge in [-0.05, 0) is 50.7 Å². The second-order valence-electron chi connectivity index (χ2n) is 6.96. The zero-order chi connectivity index (χ0) is 18.2. The molecule has 0 spiro atoms. The molecule has 1 aliphatic carbocycles. The number of nitrogens with zero attached hydrogens (tertiary/aromatic N) is 3. The predicted octanol–water partition coefficient (Wildman–Crippen LogP) is 3.18. The highest BCUT2D eigenvalue weighted by atomic mass is 127. The first-order valence-electron chi connectivity index (χ1n) is 9.79. The number of ether oxygens (including phenoxy) is 1. The number of nitrogens with one attached hydrogen (secondary N) is 2. The molecule has 0 atom stereocenters. The van der Waals surface area contributed by atoms with E-state index in [-0.39, 0.29) is 24.0 Å². The van der Waals surface area contributed by atoms with Gasteiger partial charge in [0.1, 0.15) is 5.65 Å². The number of imidazole rings is 1. The van der Waals surface area contributed by atoms with Crippen molar-refractivity contribution in [2.45, 2.75) is 39.5 Å². The number of halogens is 1. The van der Waals surface area contributed by atoms with Crippen molar-refractivity contribution in [3.63, 3.8) is 0 Å². The van der Waals surface area contributed by atoms with Crippen LogP contribution in [0, 0.1) is 12.8 Å². The minimum atomic E-state index is 0. The quantitative estimate of drug-likeness (QED) is 0.235. The highest BCUT2D eigenvalue weighted by molar-refractivity contribution is 14.0. The standard InChI is InChI=1S/C20H31N5O.HI/c1-3-21-20(22-10-5-13-26-15-17-7-8-17)23-11-9-18-14-25-12-4-6-16(2)19(25)24-18;/h4,6,12,14,17H,3,5,7-11,13,15H2,1-2H3,(H2,21,22,23);1H. The summed E-state index contributed by atoms with van der Waals surface area (Å²) in [6, 6.07) is 4.14. The maximum Gasteiger partial charge on any atom is 0.191 e. The van der Waals surface area contributed by atoms with Gasteiger partial charge in [-0.2, -0.15) is 0 Å². The van der Waals surface area contributed by atoms with E-state index in [0.717, 1.165) is 68.9 Å². The second kappa shape index (κ2) is 11.5. The number of rotatable bonds is 10. The van der Waals surface area contributed by atoms with Crippen LogP contribution in [0.25, 0.3) is 5.65 Å². The lowest BCUT2D eigenvalue weighted by Gasteiger charge is -2.10. The predicted molar refractivity (Wildman–Crippen MR) is 121 cm³/mol. The molecule has 1 aliphatic rings. The Morgan fingerprint density at radius 1 is 1.37 bits per heavy atom. The summed E-state index contributed by atoms with van der Waals surface area (Å²) in [5, 5.41) is 6.69. The third kappa shape index (κ3) is 7.29. The van der Waals surface area contributed by atoms with Crippen molar-refractivity contribution in [1.29, 1.82) is 0 Å². The van der Waals surface area contributed by atoms with Crippen LogP contribution in [0.2, 0.25) is 0 Å². The molecule has 2 aromatic rings. The molecule has 2 aromatic heterocycles. The molecular formula is C20H32IN5O. The molecule has 0 aromatic carbocycles. The van der Waals surface area contributed by atoms with Crippen LogP contribution in [0.5, 0.6) is 0 Å². The zero-order valence-electron chi connectivity index (χ0n) is 16.4. The molecule has 27 heavy (non-hydrogen) atoms. The van der Waals surface area contributed by atoms with Crippen LogP contribution in [0.4, 0.5) is 0 Å². The van der Waals surface area contributed by atoms with Crippen LogP contribution in [-0.2, 0) is 11.2 Å². The Hall–Kier alpha value is -1.35. The van der Waals surface area contributed by atoms with Gasteiger partial charge in [0, 0.05) is 51.7 Å². The lowest BCUT2D eigenvalue weighted by atomic mass is 10.3. The van der Waals surface area contributed by atoms with Crippen molar-refractivity contribution in [2.24, 2.45) is 10.9 Å². The monoisotopic (exact) mass is 485 g/mol. The minimum Gasteiger partial charge on any atom is -0.381 e. The molecule has 2 heterocycles. The van der Waals surface area contributed by atoms with Crippen LogP contribution in [-0.4, -0.2) is 48.2 Å². The summed E-state index contributed by atoms with van der Waals surface area (Å²) < 4.78 is 7.74. The highest BCUT2D eigenvalue weighted by Crippen LogP contribution is 2.28. The fourth-order valence-electron chi connectivity index (χ4n) is 2.87. The summed E-state index contributed by atoms with van der Waals surface area (Å²) >= 11 is 0. The molecule has 1 fully saturated rings. The number of fused-ring (bicyclic) bond motifs is 1. The summed E-state index contributed by atoms with van der Waals surface area (Å²) in [6.45, 7) is 8.37. The van der Waals surface area contributed by atoms with E-state index >= 15 is 0 Å². The largest absolute Gasteiger partial charge is 0.381 e. The molecule has 7 heteroatoms. The average molecular weight is 485 g/mol. The van der Waals surface area contributed by atoms with Crippen LogP contribution in [0.1, 0.15) is 37.4 Å². The van der Waals surface area contributed by atoms with Gasteiger partial charge >= 0.3 is 0 Å². The summed E-state index contributed by atoms with van der Waals surface area (Å²) in [6.07, 6.45) is 8.68. The second-order valence-corrected chi connectivity index (χ2v) is 6.96. The van der Waals surface area contributed by atoms with E-state index in [0.29, 0.717) is 0 Å². The molecular weight excluding hydrogens is 453 g/mol. The van der Waals surface area contributed by atoms with Crippen molar-refractivity contribution >= 4 is 35.6 Å². The average Bonchev–Trinajstić information content (AvgIpc) is 3.36. The SMILES string of the molecule is CCNC(=NCCCOCC1CC1)NCCc1cn2cccc(C)c2n1.I. The zero-order valence-corrected chi connectivity index (χ0v) is 18.7. The third-order valence-electron chi connectivity index (χ3n) is 4.51. The highest BCUT2D eigenvalue weighted by Gasteiger charge is 2.20. The van der Waals surface area contributed by atoms with Gasteiger partial charge in [0.05, 0.1) is 5.69 Å².